The molecule has 0 radical (unpaired) electrons. The standard InChI is InChI=1S/C14H14ClFN2O2/c15-11-2-1-9(7-12(11)16)14-13(4-5-19-14)17-8-10-3-6-20-18-10/h1-3,6-7,13-14,17H,4-5,8H2/t13-,14+/m1/s1. The number of nitrogens with zero attached hydrogens (tertiary/aromatic N) is 1. The Bertz CT molecular complexity index is 577. The number of benzene rings is 1. The van der Waals surface area contributed by atoms with E-state index in [1.54, 1.807) is 18.2 Å². The number of nitrogens with one attached hydrogen (secondary N) is 1. The van der Waals surface area contributed by atoms with Gasteiger partial charge in [-0.3, -0.25) is 0 Å². The molecule has 0 spiro atoms. The smallest absolute Gasteiger partial charge is 0.142 e. The van der Waals surface area contributed by atoms with E-state index in [0.717, 1.165) is 17.7 Å². The van der Waals surface area contributed by atoms with Crippen molar-refractivity contribution < 1.29 is 13.7 Å². The molecule has 4 nitrogen and oxygen atoms in total. The van der Waals surface area contributed by atoms with Gasteiger partial charge in [0.1, 0.15) is 12.1 Å². The van der Waals surface area contributed by atoms with Gasteiger partial charge in [0.15, 0.2) is 0 Å². The molecule has 0 unspecified atom stereocenters. The third-order valence-corrected chi connectivity index (χ3v) is 3.71. The van der Waals surface area contributed by atoms with Crippen LogP contribution in [-0.4, -0.2) is 17.8 Å². The molecule has 3 rings (SSSR count). The second kappa shape index (κ2) is 5.91. The molecular formula is C14H14ClFN2O2. The summed E-state index contributed by atoms with van der Waals surface area (Å²) in [7, 11) is 0. The van der Waals surface area contributed by atoms with Gasteiger partial charge in [0.2, 0.25) is 0 Å². The first kappa shape index (κ1) is 13.5. The number of hydrogen-bond donors (Lipinski definition) is 1. The van der Waals surface area contributed by atoms with Crippen LogP contribution in [0.2, 0.25) is 5.02 Å². The van der Waals surface area contributed by atoms with Crippen molar-refractivity contribution in [2.45, 2.75) is 25.1 Å². The van der Waals surface area contributed by atoms with E-state index in [9.17, 15) is 4.39 Å². The molecule has 106 valence electrons. The van der Waals surface area contributed by atoms with E-state index in [1.807, 2.05) is 0 Å². The SMILES string of the molecule is Fc1cc([C@@H]2OCC[C@H]2NCc2ccon2)ccc1Cl. The quantitative estimate of drug-likeness (QED) is 0.942. The minimum atomic E-state index is -0.421. The lowest BCUT2D eigenvalue weighted by Gasteiger charge is -2.20. The van der Waals surface area contributed by atoms with Crippen molar-refractivity contribution in [1.29, 1.82) is 0 Å². The van der Waals surface area contributed by atoms with Crippen LogP contribution in [0.5, 0.6) is 0 Å². The van der Waals surface area contributed by atoms with Crippen LogP contribution in [-0.2, 0) is 11.3 Å². The first-order valence-electron chi connectivity index (χ1n) is 6.43. The maximum absolute atomic E-state index is 13.5. The minimum absolute atomic E-state index is 0.118. The van der Waals surface area contributed by atoms with Gasteiger partial charge in [-0.15, -0.1) is 0 Å². The molecule has 1 aliphatic heterocycles. The minimum Gasteiger partial charge on any atom is -0.372 e. The summed E-state index contributed by atoms with van der Waals surface area (Å²) in [6.45, 7) is 1.24. The summed E-state index contributed by atoms with van der Waals surface area (Å²) < 4.78 is 24.0. The second-order valence-electron chi connectivity index (χ2n) is 4.73. The Morgan fingerprint density at radius 3 is 3.05 bits per heavy atom. The number of ether oxygens (including phenoxy) is 1. The van der Waals surface area contributed by atoms with Crippen LogP contribution >= 0.6 is 11.6 Å². The highest BCUT2D eigenvalue weighted by molar-refractivity contribution is 6.30. The third kappa shape index (κ3) is 2.85. The fourth-order valence-corrected chi connectivity index (χ4v) is 2.50. The average molecular weight is 297 g/mol. The first-order valence-corrected chi connectivity index (χ1v) is 6.81. The van der Waals surface area contributed by atoms with Gasteiger partial charge in [0.25, 0.3) is 0 Å². The summed E-state index contributed by atoms with van der Waals surface area (Å²) in [6.07, 6.45) is 2.23. The molecule has 2 aromatic rings. The molecule has 0 bridgehead atoms. The molecule has 2 atom stereocenters. The number of halogens is 2. The van der Waals surface area contributed by atoms with Crippen molar-refractivity contribution in [1.82, 2.24) is 10.5 Å². The lowest BCUT2D eigenvalue weighted by molar-refractivity contribution is 0.0981. The number of aromatic nitrogens is 1. The van der Waals surface area contributed by atoms with Gasteiger partial charge in [0, 0.05) is 25.3 Å². The van der Waals surface area contributed by atoms with E-state index in [-0.39, 0.29) is 17.2 Å². The zero-order valence-electron chi connectivity index (χ0n) is 10.7. The lowest BCUT2D eigenvalue weighted by Crippen LogP contribution is -2.31. The van der Waals surface area contributed by atoms with Gasteiger partial charge in [-0.2, -0.15) is 0 Å². The van der Waals surface area contributed by atoms with Gasteiger partial charge >= 0.3 is 0 Å². The molecule has 1 aromatic heterocycles. The Labute approximate surface area is 120 Å². The third-order valence-electron chi connectivity index (χ3n) is 3.40. The Balaban J connectivity index is 1.69. The van der Waals surface area contributed by atoms with E-state index < -0.39 is 5.82 Å². The van der Waals surface area contributed by atoms with E-state index in [0.29, 0.717) is 13.2 Å². The Morgan fingerprint density at radius 2 is 2.30 bits per heavy atom. The Hall–Kier alpha value is -1.43. The number of rotatable bonds is 4. The highest BCUT2D eigenvalue weighted by Crippen LogP contribution is 2.31. The molecular weight excluding hydrogens is 283 g/mol. The summed E-state index contributed by atoms with van der Waals surface area (Å²) in [5.41, 5.74) is 1.62. The van der Waals surface area contributed by atoms with Crippen molar-refractivity contribution in [2.75, 3.05) is 6.61 Å². The van der Waals surface area contributed by atoms with E-state index >= 15 is 0 Å². The van der Waals surface area contributed by atoms with Crippen molar-refractivity contribution in [3.63, 3.8) is 0 Å². The van der Waals surface area contributed by atoms with Crippen LogP contribution in [0.25, 0.3) is 0 Å². The maximum Gasteiger partial charge on any atom is 0.142 e. The molecule has 0 aliphatic carbocycles. The van der Waals surface area contributed by atoms with Crippen molar-refractivity contribution in [2.24, 2.45) is 0 Å². The lowest BCUT2D eigenvalue weighted by atomic mass is 10.0. The van der Waals surface area contributed by atoms with Crippen LogP contribution in [0, 0.1) is 5.82 Å². The topological polar surface area (TPSA) is 47.3 Å². The Morgan fingerprint density at radius 1 is 1.40 bits per heavy atom. The van der Waals surface area contributed by atoms with Crippen LogP contribution in [0.4, 0.5) is 4.39 Å². The van der Waals surface area contributed by atoms with Crippen LogP contribution < -0.4 is 5.32 Å². The molecule has 2 heterocycles. The summed E-state index contributed by atoms with van der Waals surface area (Å²) >= 11 is 5.70. The second-order valence-corrected chi connectivity index (χ2v) is 5.14. The monoisotopic (exact) mass is 296 g/mol. The fourth-order valence-electron chi connectivity index (χ4n) is 2.38. The van der Waals surface area contributed by atoms with Crippen molar-refractivity contribution in [3.05, 3.63) is 52.6 Å². The van der Waals surface area contributed by atoms with Gasteiger partial charge in [-0.05, 0) is 24.1 Å². The molecule has 0 saturated carbocycles. The van der Waals surface area contributed by atoms with Crippen LogP contribution in [0.15, 0.2) is 35.1 Å². The largest absolute Gasteiger partial charge is 0.372 e. The molecule has 1 aliphatic rings. The molecule has 0 amide bonds. The highest BCUT2D eigenvalue weighted by Gasteiger charge is 2.29. The first-order chi connectivity index (χ1) is 9.74. The van der Waals surface area contributed by atoms with Crippen molar-refractivity contribution in [3.8, 4) is 0 Å². The summed E-state index contributed by atoms with van der Waals surface area (Å²) in [6, 6.07) is 6.71. The predicted octanol–water partition coefficient (Wildman–Crippen LogP) is 3.09. The molecule has 1 aromatic carbocycles. The average Bonchev–Trinajstić information content (AvgIpc) is 3.10. The van der Waals surface area contributed by atoms with Gasteiger partial charge < -0.3 is 14.6 Å². The van der Waals surface area contributed by atoms with Crippen LogP contribution in [0.1, 0.15) is 23.8 Å². The summed E-state index contributed by atoms with van der Waals surface area (Å²) in [5, 5.41) is 7.33. The van der Waals surface area contributed by atoms with Crippen LogP contribution in [0.3, 0.4) is 0 Å². The van der Waals surface area contributed by atoms with Gasteiger partial charge in [0.05, 0.1) is 16.8 Å². The fraction of sp³-hybridized carbons (Fsp3) is 0.357. The normalized spacial score (nSPS) is 22.3. The van der Waals surface area contributed by atoms with E-state index in [1.165, 1.54) is 12.3 Å². The predicted molar refractivity (Wildman–Crippen MR) is 71.9 cm³/mol. The van der Waals surface area contributed by atoms with Crippen molar-refractivity contribution >= 4 is 11.6 Å². The zero-order valence-corrected chi connectivity index (χ0v) is 11.4. The molecule has 1 saturated heterocycles. The molecule has 20 heavy (non-hydrogen) atoms. The van der Waals surface area contributed by atoms with Gasteiger partial charge in [-0.25, -0.2) is 4.39 Å². The molecule has 1 N–H and O–H groups in total. The summed E-state index contributed by atoms with van der Waals surface area (Å²) in [4.78, 5) is 0. The summed E-state index contributed by atoms with van der Waals surface area (Å²) in [5.74, 6) is -0.421. The molecule has 1 fully saturated rings. The molecule has 6 heteroatoms. The maximum atomic E-state index is 13.5. The van der Waals surface area contributed by atoms with E-state index in [4.69, 9.17) is 20.9 Å². The highest BCUT2D eigenvalue weighted by atomic mass is 35.5. The van der Waals surface area contributed by atoms with E-state index in [2.05, 4.69) is 10.5 Å². The van der Waals surface area contributed by atoms with Gasteiger partial charge in [-0.1, -0.05) is 22.8 Å². The zero-order chi connectivity index (χ0) is 13.9. The Kier molecular flexibility index (Phi) is 4.00. The number of hydrogen-bond acceptors (Lipinski definition) is 4.